The third-order valence-electron chi connectivity index (χ3n) is 4.30. The number of ether oxygens (including phenoxy) is 2. The van der Waals surface area contributed by atoms with E-state index >= 15 is 0 Å². The molecule has 0 atom stereocenters. The zero-order chi connectivity index (χ0) is 22.7. The number of carboxylic acids is 1. The highest BCUT2D eigenvalue weighted by Crippen LogP contribution is 2.37. The smallest absolute Gasteiger partial charge is 0.341 e. The second kappa shape index (κ2) is 8.88. The molecule has 2 N–H and O–H groups in total. The van der Waals surface area contributed by atoms with E-state index < -0.39 is 30.4 Å². The van der Waals surface area contributed by atoms with Gasteiger partial charge in [0.1, 0.15) is 5.57 Å². The van der Waals surface area contributed by atoms with Crippen molar-refractivity contribution in [2.45, 2.75) is 6.92 Å². The number of nitrogens with one attached hydrogen (secondary N) is 1. The normalized spacial score (nSPS) is 15.1. The molecule has 0 saturated carbocycles. The number of barbiturate groups is 1. The Bertz CT molecular complexity index is 1110. The average molecular weight is 445 g/mol. The summed E-state index contributed by atoms with van der Waals surface area (Å²) in [6.07, 6.45) is 1.25. The molecule has 31 heavy (non-hydrogen) atoms. The third-order valence-corrected chi connectivity index (χ3v) is 4.58. The predicted octanol–water partition coefficient (Wildman–Crippen LogP) is 2.79. The molecule has 0 spiro atoms. The van der Waals surface area contributed by atoms with E-state index in [2.05, 4.69) is 5.32 Å². The molecule has 0 aliphatic carbocycles. The van der Waals surface area contributed by atoms with E-state index in [1.165, 1.54) is 25.3 Å². The molecule has 1 fully saturated rings. The van der Waals surface area contributed by atoms with E-state index in [9.17, 15) is 19.2 Å². The number of benzene rings is 2. The summed E-state index contributed by atoms with van der Waals surface area (Å²) in [5.74, 6) is -2.76. The second-order valence-electron chi connectivity index (χ2n) is 6.51. The van der Waals surface area contributed by atoms with Crippen molar-refractivity contribution in [3.8, 4) is 11.5 Å². The van der Waals surface area contributed by atoms with Crippen molar-refractivity contribution in [2.24, 2.45) is 0 Å². The first-order valence-electron chi connectivity index (χ1n) is 8.91. The van der Waals surface area contributed by atoms with E-state index in [4.69, 9.17) is 26.2 Å². The minimum Gasteiger partial charge on any atom is -0.493 e. The maximum absolute atomic E-state index is 12.9. The summed E-state index contributed by atoms with van der Waals surface area (Å²) in [5.41, 5.74) is 1.26. The lowest BCUT2D eigenvalue weighted by Gasteiger charge is -2.26. The van der Waals surface area contributed by atoms with E-state index in [-0.39, 0.29) is 22.1 Å². The molecular formula is C21H17ClN2O7. The number of aryl methyl sites for hydroxylation is 1. The number of hydrogen-bond donors (Lipinski definition) is 2. The topological polar surface area (TPSA) is 122 Å². The zero-order valence-corrected chi connectivity index (χ0v) is 17.2. The first kappa shape index (κ1) is 21.8. The summed E-state index contributed by atoms with van der Waals surface area (Å²) in [4.78, 5) is 49.1. The van der Waals surface area contributed by atoms with Crippen LogP contribution in [0, 0.1) is 6.92 Å². The highest BCUT2D eigenvalue weighted by atomic mass is 35.5. The van der Waals surface area contributed by atoms with Crippen molar-refractivity contribution >= 4 is 47.2 Å². The van der Waals surface area contributed by atoms with Crippen molar-refractivity contribution in [1.29, 1.82) is 0 Å². The Morgan fingerprint density at radius 2 is 1.87 bits per heavy atom. The number of hydrogen-bond acceptors (Lipinski definition) is 6. The molecule has 1 heterocycles. The Balaban J connectivity index is 1.99. The number of amides is 4. The molecule has 2 aromatic rings. The number of rotatable bonds is 6. The largest absolute Gasteiger partial charge is 0.493 e. The van der Waals surface area contributed by atoms with Crippen LogP contribution in [-0.4, -0.2) is 42.6 Å². The van der Waals surface area contributed by atoms with Gasteiger partial charge in [-0.1, -0.05) is 29.3 Å². The number of urea groups is 1. The number of anilines is 1. The number of nitrogens with zero attached hydrogens (tertiary/aromatic N) is 1. The zero-order valence-electron chi connectivity index (χ0n) is 16.5. The van der Waals surface area contributed by atoms with Crippen LogP contribution in [0.4, 0.5) is 10.5 Å². The lowest BCUT2D eigenvalue weighted by molar-refractivity contribution is -0.139. The molecule has 0 unspecified atom stereocenters. The van der Waals surface area contributed by atoms with E-state index in [1.807, 2.05) is 6.92 Å². The maximum atomic E-state index is 12.9. The number of halogens is 1. The van der Waals surface area contributed by atoms with Crippen molar-refractivity contribution < 1.29 is 33.8 Å². The van der Waals surface area contributed by atoms with Crippen LogP contribution < -0.4 is 19.7 Å². The van der Waals surface area contributed by atoms with Crippen LogP contribution in [0.15, 0.2) is 42.0 Å². The molecule has 10 heteroatoms. The number of methoxy groups -OCH3 is 1. The van der Waals surface area contributed by atoms with Crippen molar-refractivity contribution in [3.05, 3.63) is 58.1 Å². The minimum atomic E-state index is -1.20. The molecule has 0 bridgehead atoms. The summed E-state index contributed by atoms with van der Waals surface area (Å²) >= 11 is 6.17. The first-order valence-corrected chi connectivity index (χ1v) is 9.29. The quantitative estimate of drug-likeness (QED) is 0.518. The Labute approximate surface area is 181 Å². The van der Waals surface area contributed by atoms with Crippen LogP contribution in [0.3, 0.4) is 0 Å². The summed E-state index contributed by atoms with van der Waals surface area (Å²) in [6.45, 7) is 1.22. The van der Waals surface area contributed by atoms with Gasteiger partial charge in [-0.05, 0) is 42.8 Å². The average Bonchev–Trinajstić information content (AvgIpc) is 2.71. The van der Waals surface area contributed by atoms with Gasteiger partial charge in [-0.15, -0.1) is 0 Å². The number of imide groups is 2. The van der Waals surface area contributed by atoms with Crippen LogP contribution in [0.1, 0.15) is 11.1 Å². The monoisotopic (exact) mass is 444 g/mol. The van der Waals surface area contributed by atoms with Gasteiger partial charge in [0.05, 0.1) is 17.8 Å². The fourth-order valence-electron chi connectivity index (χ4n) is 2.85. The van der Waals surface area contributed by atoms with Crippen LogP contribution >= 0.6 is 11.6 Å². The molecule has 3 rings (SSSR count). The molecule has 9 nitrogen and oxygen atoms in total. The van der Waals surface area contributed by atoms with Crippen LogP contribution in [0.5, 0.6) is 11.5 Å². The fraction of sp³-hybridized carbons (Fsp3) is 0.143. The molecule has 1 saturated heterocycles. The van der Waals surface area contributed by atoms with Crippen LogP contribution in [0.2, 0.25) is 5.02 Å². The molecule has 1 aliphatic heterocycles. The van der Waals surface area contributed by atoms with E-state index in [0.717, 1.165) is 10.5 Å². The van der Waals surface area contributed by atoms with E-state index in [1.54, 1.807) is 24.3 Å². The van der Waals surface area contributed by atoms with E-state index in [0.29, 0.717) is 11.3 Å². The van der Waals surface area contributed by atoms with Gasteiger partial charge in [0.15, 0.2) is 18.1 Å². The molecule has 1 aliphatic rings. The SMILES string of the molecule is COc1cc(/C=C2\C(=O)NC(=O)N(c3ccc(C)cc3)C2=O)cc(Cl)c1OCC(=O)O. The standard InChI is InChI=1S/C21H17ClN2O7/c1-11-3-5-13(6-4-11)24-20(28)14(19(27)23-21(24)29)7-12-8-15(22)18(16(9-12)30-2)31-10-17(25)26/h3-9H,10H2,1-2H3,(H,25,26)(H,23,27,29)/b14-7+. The lowest BCUT2D eigenvalue weighted by Crippen LogP contribution is -2.54. The third kappa shape index (κ3) is 4.67. The number of carbonyl (C=O) groups is 4. The van der Waals surface area contributed by atoms with Gasteiger partial charge in [-0.2, -0.15) is 0 Å². The summed E-state index contributed by atoms with van der Waals surface area (Å²) < 4.78 is 10.3. The van der Waals surface area contributed by atoms with Gasteiger partial charge in [0, 0.05) is 0 Å². The molecular weight excluding hydrogens is 428 g/mol. The van der Waals surface area contributed by atoms with Crippen molar-refractivity contribution in [2.75, 3.05) is 18.6 Å². The Hall–Kier alpha value is -3.85. The van der Waals surface area contributed by atoms with Gasteiger partial charge in [-0.25, -0.2) is 14.5 Å². The Morgan fingerprint density at radius 1 is 1.19 bits per heavy atom. The van der Waals surface area contributed by atoms with Gasteiger partial charge in [0.2, 0.25) is 0 Å². The minimum absolute atomic E-state index is 0.00426. The van der Waals surface area contributed by atoms with Crippen LogP contribution in [0.25, 0.3) is 6.08 Å². The summed E-state index contributed by atoms with van der Waals surface area (Å²) in [6, 6.07) is 8.59. The van der Waals surface area contributed by atoms with Gasteiger partial charge < -0.3 is 14.6 Å². The summed E-state index contributed by atoms with van der Waals surface area (Å²) in [7, 11) is 1.33. The Morgan fingerprint density at radius 3 is 2.48 bits per heavy atom. The maximum Gasteiger partial charge on any atom is 0.341 e. The number of aliphatic carboxylic acids is 1. The molecule has 2 aromatic carbocycles. The van der Waals surface area contributed by atoms with Gasteiger partial charge in [0.25, 0.3) is 11.8 Å². The Kier molecular flexibility index (Phi) is 6.26. The summed E-state index contributed by atoms with van der Waals surface area (Å²) in [5, 5.41) is 10.9. The first-order chi connectivity index (χ1) is 14.7. The number of carbonyl (C=O) groups excluding carboxylic acids is 3. The molecule has 0 radical (unpaired) electrons. The second-order valence-corrected chi connectivity index (χ2v) is 6.92. The lowest BCUT2D eigenvalue weighted by atomic mass is 10.1. The van der Waals surface area contributed by atoms with Crippen LogP contribution in [-0.2, 0) is 14.4 Å². The molecule has 160 valence electrons. The highest BCUT2D eigenvalue weighted by Gasteiger charge is 2.36. The molecule has 4 amide bonds. The highest BCUT2D eigenvalue weighted by molar-refractivity contribution is 6.39. The fourth-order valence-corrected chi connectivity index (χ4v) is 3.12. The predicted molar refractivity (Wildman–Crippen MR) is 111 cm³/mol. The van der Waals surface area contributed by atoms with Crippen molar-refractivity contribution in [3.63, 3.8) is 0 Å². The van der Waals surface area contributed by atoms with Gasteiger partial charge in [-0.3, -0.25) is 14.9 Å². The number of carboxylic acid groups (broad SMARTS) is 1. The molecule has 0 aromatic heterocycles. The van der Waals surface area contributed by atoms with Gasteiger partial charge >= 0.3 is 12.0 Å². The van der Waals surface area contributed by atoms with Crippen molar-refractivity contribution in [1.82, 2.24) is 5.32 Å².